The predicted molar refractivity (Wildman–Crippen MR) is 183 cm³/mol. The largest absolute Gasteiger partial charge is 0.356 e. The molecule has 0 fully saturated rings. The fraction of sp³-hybridized carbons (Fsp3) is 0. The van der Waals surface area contributed by atoms with Crippen LogP contribution in [0.15, 0.2) is 182 Å². The normalized spacial score (nSPS) is 9.91. The zero-order chi connectivity index (χ0) is 29.4. The third-order valence-electron chi connectivity index (χ3n) is 6.37. The average molecular weight is 652 g/mol. The first kappa shape index (κ1) is 33.4. The van der Waals surface area contributed by atoms with Crippen molar-refractivity contribution < 1.29 is 22.2 Å². The van der Waals surface area contributed by atoms with Crippen LogP contribution < -0.4 is 31.8 Å². The molecule has 6 rings (SSSR count). The van der Waals surface area contributed by atoms with E-state index in [1.54, 1.807) is 0 Å². The number of benzene rings is 6. The van der Waals surface area contributed by atoms with Gasteiger partial charge in [0.2, 0.25) is 0 Å². The van der Waals surface area contributed by atoms with Crippen molar-refractivity contribution in [1.82, 2.24) is 0 Å². The molecule has 0 unspecified atom stereocenters. The molecule has 0 aromatic heterocycles. The Kier molecular flexibility index (Phi) is 14.3. The Morgan fingerprint density at radius 2 is 0.442 bits per heavy atom. The van der Waals surface area contributed by atoms with Gasteiger partial charge in [0.15, 0.2) is 0 Å². The van der Waals surface area contributed by atoms with Gasteiger partial charge in [0.25, 0.3) is 0 Å². The van der Waals surface area contributed by atoms with Crippen LogP contribution >= 0.6 is 15.8 Å². The Bertz CT molecular complexity index is 1290. The molecule has 0 saturated carbocycles. The molecule has 0 bridgehead atoms. The molecule has 0 aliphatic rings. The predicted octanol–water partition coefficient (Wildman–Crippen LogP) is 6.11. The molecule has 0 heterocycles. The smallest absolute Gasteiger partial charge is 0.102 e. The number of hydrogen-bond donors (Lipinski definition) is 0. The van der Waals surface area contributed by atoms with Gasteiger partial charge < -0.3 is 15.3 Å². The van der Waals surface area contributed by atoms with Crippen molar-refractivity contribution in [3.8, 4) is 0 Å². The molecule has 43 heavy (non-hydrogen) atoms. The summed E-state index contributed by atoms with van der Waals surface area (Å²) in [7, 11) is -1.75. The summed E-state index contributed by atoms with van der Waals surface area (Å²) >= 11 is 0. The standard InChI is InChI=1S/2C18H15P.Cu.NO3/c2*1-4-10-16(11-5-1)19(17-12-6-2-7-13-17)18-14-8-3-9-15-18;;2-1(3)4/h2*1-15H;;/q;;;-1/p+2. The monoisotopic (exact) mass is 651 g/mol. The molecule has 0 N–H and O–H groups in total. The van der Waals surface area contributed by atoms with Crippen LogP contribution in [0.25, 0.3) is 0 Å². The van der Waals surface area contributed by atoms with Crippen molar-refractivity contribution in [3.63, 3.8) is 0 Å². The Morgan fingerprint density at radius 1 is 0.326 bits per heavy atom. The molecule has 1 radical (unpaired) electrons. The fourth-order valence-electron chi connectivity index (χ4n) is 4.63. The molecule has 0 atom stereocenters. The van der Waals surface area contributed by atoms with Crippen LogP contribution in [0.2, 0.25) is 0 Å². The van der Waals surface area contributed by atoms with Crippen molar-refractivity contribution in [2.45, 2.75) is 0 Å². The zero-order valence-corrected chi connectivity index (χ0v) is 26.2. The number of hydrogen-bond acceptors (Lipinski definition) is 3. The van der Waals surface area contributed by atoms with Gasteiger partial charge in [-0.1, -0.05) is 109 Å². The molecule has 0 aliphatic heterocycles. The topological polar surface area (TPSA) is 66.2 Å². The summed E-state index contributed by atoms with van der Waals surface area (Å²) in [4.78, 5) is 8.25. The summed E-state index contributed by atoms with van der Waals surface area (Å²) in [5.74, 6) is 0. The molecule has 0 aliphatic carbocycles. The van der Waals surface area contributed by atoms with Gasteiger partial charge >= 0.3 is 0 Å². The van der Waals surface area contributed by atoms with E-state index in [0.717, 1.165) is 0 Å². The summed E-state index contributed by atoms with van der Waals surface area (Å²) in [5.41, 5.74) is 0. The Labute approximate surface area is 266 Å². The van der Waals surface area contributed by atoms with Crippen LogP contribution in [0, 0.1) is 15.3 Å². The van der Waals surface area contributed by atoms with Gasteiger partial charge in [0, 0.05) is 17.1 Å². The van der Waals surface area contributed by atoms with E-state index in [1.165, 1.54) is 31.8 Å². The van der Waals surface area contributed by atoms with Gasteiger partial charge in [0.1, 0.15) is 31.8 Å². The molecule has 6 aromatic rings. The fourth-order valence-corrected chi connectivity index (χ4v) is 9.78. The van der Waals surface area contributed by atoms with Crippen LogP contribution in [0.5, 0.6) is 0 Å². The molecule has 7 heteroatoms. The first-order valence-corrected chi connectivity index (χ1v) is 16.5. The second-order valence-electron chi connectivity index (χ2n) is 9.17. The van der Waals surface area contributed by atoms with Gasteiger partial charge in [-0.25, -0.2) is 0 Å². The maximum Gasteiger partial charge on any atom is 0.102 e. The van der Waals surface area contributed by atoms with Crippen LogP contribution in [-0.4, -0.2) is 5.09 Å². The summed E-state index contributed by atoms with van der Waals surface area (Å²) < 4.78 is 0. The van der Waals surface area contributed by atoms with Crippen LogP contribution in [0.3, 0.4) is 0 Å². The average Bonchev–Trinajstić information content (AvgIpc) is 3.05. The molecule has 4 nitrogen and oxygen atoms in total. The Hall–Kier alpha value is -4.10. The number of nitrogens with zero attached hydrogens (tertiary/aromatic N) is 1. The Morgan fingerprint density at radius 3 is 0.558 bits per heavy atom. The molecule has 6 aromatic carbocycles. The maximum absolute atomic E-state index is 8.25. The summed E-state index contributed by atoms with van der Waals surface area (Å²) in [6, 6.07) is 65.0. The number of rotatable bonds is 6. The minimum absolute atomic E-state index is 0. The Balaban J connectivity index is 0.000000206. The third kappa shape index (κ3) is 10.6. The van der Waals surface area contributed by atoms with Crippen molar-refractivity contribution in [1.29, 1.82) is 0 Å². The van der Waals surface area contributed by atoms with Crippen molar-refractivity contribution in [2.24, 2.45) is 0 Å². The van der Waals surface area contributed by atoms with Crippen LogP contribution in [0.4, 0.5) is 0 Å². The van der Waals surface area contributed by atoms with Crippen molar-refractivity contribution in [3.05, 3.63) is 197 Å². The zero-order valence-electron chi connectivity index (χ0n) is 23.3. The SMILES string of the molecule is O=[N+]([O-])[O-].[Cu].c1ccc([PH+](c2ccccc2)c2ccccc2)cc1.c1ccc([PH+](c2ccccc2)c2ccccc2)cc1. The van der Waals surface area contributed by atoms with E-state index in [9.17, 15) is 0 Å². The summed E-state index contributed by atoms with van der Waals surface area (Å²) in [5, 5.41) is 23.4. The van der Waals surface area contributed by atoms with E-state index in [4.69, 9.17) is 15.3 Å². The van der Waals surface area contributed by atoms with Crippen LogP contribution in [0.1, 0.15) is 0 Å². The van der Waals surface area contributed by atoms with Gasteiger partial charge in [-0.3, -0.25) is 0 Å². The van der Waals surface area contributed by atoms with E-state index in [2.05, 4.69) is 182 Å². The minimum Gasteiger partial charge on any atom is -0.356 e. The van der Waals surface area contributed by atoms with Gasteiger partial charge in [0.05, 0.1) is 20.9 Å². The molecule has 0 saturated heterocycles. The molecule has 219 valence electrons. The van der Waals surface area contributed by atoms with E-state index >= 15 is 0 Å². The first-order chi connectivity index (χ1) is 20.6. The molecular formula is C36H32CuNO3P2+. The summed E-state index contributed by atoms with van der Waals surface area (Å²) in [6.07, 6.45) is 0. The second kappa shape index (κ2) is 18.4. The van der Waals surface area contributed by atoms with E-state index in [-0.39, 0.29) is 17.1 Å². The van der Waals surface area contributed by atoms with Gasteiger partial charge in [-0.15, -0.1) is 0 Å². The molecular weight excluding hydrogens is 620 g/mol. The van der Waals surface area contributed by atoms with Crippen molar-refractivity contribution >= 4 is 47.7 Å². The first-order valence-electron chi connectivity index (χ1n) is 13.5. The molecule has 0 amide bonds. The van der Waals surface area contributed by atoms with Gasteiger partial charge in [-0.05, 0) is 72.8 Å². The van der Waals surface area contributed by atoms with E-state index < -0.39 is 20.9 Å². The second-order valence-corrected chi connectivity index (χ2v) is 14.1. The third-order valence-corrected chi connectivity index (χ3v) is 11.8. The van der Waals surface area contributed by atoms with Crippen molar-refractivity contribution in [2.75, 3.05) is 0 Å². The van der Waals surface area contributed by atoms with Gasteiger partial charge in [-0.2, -0.15) is 0 Å². The quantitative estimate of drug-likeness (QED) is 0.0945. The summed E-state index contributed by atoms with van der Waals surface area (Å²) in [6.45, 7) is 0. The maximum atomic E-state index is 8.25. The minimum atomic E-state index is -1.75. The van der Waals surface area contributed by atoms with E-state index in [0.29, 0.717) is 0 Å². The van der Waals surface area contributed by atoms with Crippen LogP contribution in [-0.2, 0) is 17.1 Å². The molecule has 0 spiro atoms. The van der Waals surface area contributed by atoms with E-state index in [1.807, 2.05) is 0 Å².